The van der Waals surface area contributed by atoms with Crippen LogP contribution in [0.4, 0.5) is 0 Å². The molecule has 0 bridgehead atoms. The first kappa shape index (κ1) is 15.2. The Bertz CT molecular complexity index is 889. The summed E-state index contributed by atoms with van der Waals surface area (Å²) in [6.45, 7) is 0. The van der Waals surface area contributed by atoms with Gasteiger partial charge in [-0.2, -0.15) is 5.10 Å². The van der Waals surface area contributed by atoms with Crippen LogP contribution in [0.1, 0.15) is 15.9 Å². The monoisotopic (exact) mass is 368 g/mol. The van der Waals surface area contributed by atoms with Gasteiger partial charge in [0.1, 0.15) is 5.75 Å². The summed E-state index contributed by atoms with van der Waals surface area (Å²) < 4.78 is 0.972. The summed E-state index contributed by atoms with van der Waals surface area (Å²) in [7, 11) is 0. The van der Waals surface area contributed by atoms with E-state index in [9.17, 15) is 9.90 Å². The number of carbonyl (C=O) groups is 1. The molecule has 0 atom stereocenters. The van der Waals surface area contributed by atoms with Gasteiger partial charge in [0.2, 0.25) is 0 Å². The van der Waals surface area contributed by atoms with E-state index in [1.807, 2.05) is 48.5 Å². The van der Waals surface area contributed by atoms with Crippen molar-refractivity contribution < 1.29 is 9.90 Å². The number of hydrogen-bond donors (Lipinski definition) is 2. The zero-order valence-electron chi connectivity index (χ0n) is 12.0. The molecule has 0 aliphatic carbocycles. The Kier molecular flexibility index (Phi) is 4.39. The van der Waals surface area contributed by atoms with Gasteiger partial charge < -0.3 is 5.11 Å². The lowest BCUT2D eigenvalue weighted by Crippen LogP contribution is -2.17. The number of halogens is 1. The summed E-state index contributed by atoms with van der Waals surface area (Å²) in [5, 5.41) is 15.7. The molecular weight excluding hydrogens is 356 g/mol. The topological polar surface area (TPSA) is 61.7 Å². The molecule has 114 valence electrons. The van der Waals surface area contributed by atoms with Crippen molar-refractivity contribution in [3.63, 3.8) is 0 Å². The highest BCUT2D eigenvalue weighted by molar-refractivity contribution is 9.10. The van der Waals surface area contributed by atoms with Crippen LogP contribution in [-0.4, -0.2) is 17.2 Å². The minimum atomic E-state index is -0.457. The molecule has 0 saturated carbocycles. The number of phenols is 1. The average Bonchev–Trinajstić information content (AvgIpc) is 2.56. The number of aromatic hydroxyl groups is 1. The zero-order valence-corrected chi connectivity index (χ0v) is 13.6. The molecule has 4 nitrogen and oxygen atoms in total. The molecular formula is C18H13BrN2O2. The van der Waals surface area contributed by atoms with E-state index in [2.05, 4.69) is 26.5 Å². The molecule has 0 fully saturated rings. The van der Waals surface area contributed by atoms with Gasteiger partial charge in [-0.05, 0) is 40.6 Å². The maximum Gasteiger partial charge on any atom is 0.275 e. The van der Waals surface area contributed by atoms with Crippen molar-refractivity contribution in [2.24, 2.45) is 5.10 Å². The van der Waals surface area contributed by atoms with Gasteiger partial charge in [-0.1, -0.05) is 52.3 Å². The Labute approximate surface area is 141 Å². The van der Waals surface area contributed by atoms with Gasteiger partial charge in [0.15, 0.2) is 0 Å². The maximum atomic E-state index is 12.2. The molecule has 0 saturated heterocycles. The lowest BCUT2D eigenvalue weighted by Gasteiger charge is -2.05. The van der Waals surface area contributed by atoms with Gasteiger partial charge in [-0.3, -0.25) is 4.79 Å². The molecule has 0 radical (unpaired) electrons. The summed E-state index contributed by atoms with van der Waals surface area (Å²) in [6, 6.07) is 18.3. The summed E-state index contributed by atoms with van der Waals surface area (Å²) in [4.78, 5) is 12.2. The lowest BCUT2D eigenvalue weighted by atomic mass is 10.1. The molecule has 0 heterocycles. The standard InChI is InChI=1S/C18H13BrN2O2/c19-15-7-5-12(6-8-15)11-20-21-18(23)16-9-13-3-1-2-4-14(13)10-17(16)22/h1-11,22H,(H,21,23)/b20-11+. The largest absolute Gasteiger partial charge is 0.507 e. The van der Waals surface area contributed by atoms with Gasteiger partial charge in [0, 0.05) is 4.47 Å². The van der Waals surface area contributed by atoms with E-state index in [1.165, 1.54) is 0 Å². The van der Waals surface area contributed by atoms with Crippen molar-refractivity contribution in [1.82, 2.24) is 5.43 Å². The van der Waals surface area contributed by atoms with E-state index >= 15 is 0 Å². The molecule has 5 heteroatoms. The summed E-state index contributed by atoms with van der Waals surface area (Å²) in [6.07, 6.45) is 1.54. The van der Waals surface area contributed by atoms with Crippen molar-refractivity contribution in [3.8, 4) is 5.75 Å². The number of hydrazone groups is 1. The third kappa shape index (κ3) is 3.57. The van der Waals surface area contributed by atoms with Crippen LogP contribution in [0.25, 0.3) is 10.8 Å². The number of rotatable bonds is 3. The number of nitrogens with zero attached hydrogens (tertiary/aromatic N) is 1. The number of fused-ring (bicyclic) bond motifs is 1. The van der Waals surface area contributed by atoms with Gasteiger partial charge in [0.05, 0.1) is 11.8 Å². The van der Waals surface area contributed by atoms with E-state index in [-0.39, 0.29) is 11.3 Å². The number of carbonyl (C=O) groups excluding carboxylic acids is 1. The molecule has 1 amide bonds. The summed E-state index contributed by atoms with van der Waals surface area (Å²) in [5.41, 5.74) is 3.48. The second kappa shape index (κ2) is 6.62. The Morgan fingerprint density at radius 1 is 1.04 bits per heavy atom. The smallest absolute Gasteiger partial charge is 0.275 e. The van der Waals surface area contributed by atoms with E-state index in [0.717, 1.165) is 20.8 Å². The highest BCUT2D eigenvalue weighted by atomic mass is 79.9. The molecule has 0 unspecified atom stereocenters. The van der Waals surface area contributed by atoms with Crippen molar-refractivity contribution in [2.75, 3.05) is 0 Å². The second-order valence-corrected chi connectivity index (χ2v) is 5.88. The van der Waals surface area contributed by atoms with Crippen LogP contribution in [0.5, 0.6) is 5.75 Å². The highest BCUT2D eigenvalue weighted by Gasteiger charge is 2.11. The van der Waals surface area contributed by atoms with Gasteiger partial charge in [-0.25, -0.2) is 5.43 Å². The van der Waals surface area contributed by atoms with Gasteiger partial charge in [0.25, 0.3) is 5.91 Å². The summed E-state index contributed by atoms with van der Waals surface area (Å²) >= 11 is 3.35. The molecule has 0 spiro atoms. The van der Waals surface area contributed by atoms with Gasteiger partial charge in [-0.15, -0.1) is 0 Å². The number of amides is 1. The maximum absolute atomic E-state index is 12.2. The fourth-order valence-corrected chi connectivity index (χ4v) is 2.45. The van der Waals surface area contributed by atoms with Crippen LogP contribution >= 0.6 is 15.9 Å². The summed E-state index contributed by atoms with van der Waals surface area (Å²) in [5.74, 6) is -0.526. The average molecular weight is 369 g/mol. The van der Waals surface area contributed by atoms with Crippen LogP contribution in [0.15, 0.2) is 70.2 Å². The lowest BCUT2D eigenvalue weighted by molar-refractivity contribution is 0.0952. The van der Waals surface area contributed by atoms with Crippen molar-refractivity contribution in [2.45, 2.75) is 0 Å². The highest BCUT2D eigenvalue weighted by Crippen LogP contribution is 2.24. The Morgan fingerprint density at radius 2 is 1.70 bits per heavy atom. The Morgan fingerprint density at radius 3 is 2.39 bits per heavy atom. The molecule has 0 aromatic heterocycles. The molecule has 2 N–H and O–H groups in total. The van der Waals surface area contributed by atoms with Crippen LogP contribution in [0.3, 0.4) is 0 Å². The van der Waals surface area contributed by atoms with Crippen molar-refractivity contribution in [3.05, 3.63) is 76.3 Å². The van der Waals surface area contributed by atoms with E-state index in [1.54, 1.807) is 18.3 Å². The molecule has 3 aromatic carbocycles. The first-order valence-corrected chi connectivity index (χ1v) is 7.73. The SMILES string of the molecule is O=C(N/N=C/c1ccc(Br)cc1)c1cc2ccccc2cc1O. The zero-order chi connectivity index (χ0) is 16.2. The molecule has 23 heavy (non-hydrogen) atoms. The number of nitrogens with one attached hydrogen (secondary N) is 1. The normalized spacial score (nSPS) is 11.0. The fraction of sp³-hybridized carbons (Fsp3) is 0. The number of hydrogen-bond acceptors (Lipinski definition) is 3. The number of benzene rings is 3. The predicted octanol–water partition coefficient (Wildman–Crippen LogP) is 4.07. The number of phenolic OH excluding ortho intramolecular Hbond substituents is 1. The third-order valence-electron chi connectivity index (χ3n) is 3.36. The van der Waals surface area contributed by atoms with Crippen LogP contribution in [0.2, 0.25) is 0 Å². The van der Waals surface area contributed by atoms with Crippen molar-refractivity contribution >= 4 is 38.8 Å². The third-order valence-corrected chi connectivity index (χ3v) is 3.89. The van der Waals surface area contributed by atoms with Gasteiger partial charge >= 0.3 is 0 Å². The van der Waals surface area contributed by atoms with E-state index < -0.39 is 5.91 Å². The Balaban J connectivity index is 1.78. The fourth-order valence-electron chi connectivity index (χ4n) is 2.18. The molecule has 3 rings (SSSR count). The van der Waals surface area contributed by atoms with Crippen LogP contribution < -0.4 is 5.43 Å². The minimum Gasteiger partial charge on any atom is -0.507 e. The first-order chi connectivity index (χ1) is 11.1. The van der Waals surface area contributed by atoms with Crippen LogP contribution in [-0.2, 0) is 0 Å². The predicted molar refractivity (Wildman–Crippen MR) is 94.8 cm³/mol. The quantitative estimate of drug-likeness (QED) is 0.540. The van der Waals surface area contributed by atoms with Crippen molar-refractivity contribution in [1.29, 1.82) is 0 Å². The first-order valence-electron chi connectivity index (χ1n) is 6.94. The minimum absolute atomic E-state index is 0.0694. The van der Waals surface area contributed by atoms with Crippen LogP contribution in [0, 0.1) is 0 Å². The molecule has 0 aliphatic rings. The molecule has 3 aromatic rings. The van der Waals surface area contributed by atoms with E-state index in [0.29, 0.717) is 0 Å². The molecule has 0 aliphatic heterocycles. The second-order valence-electron chi connectivity index (χ2n) is 4.97. The van der Waals surface area contributed by atoms with E-state index in [4.69, 9.17) is 0 Å². The Hall–Kier alpha value is -2.66.